The van der Waals surface area contributed by atoms with Gasteiger partial charge in [0.2, 0.25) is 0 Å². The van der Waals surface area contributed by atoms with Gasteiger partial charge in [0.15, 0.2) is 0 Å². The SMILES string of the molecule is CCc1cc(NC(CC)C2CC2)n(C)n1. The van der Waals surface area contributed by atoms with Crippen LogP contribution in [-0.2, 0) is 13.5 Å². The molecule has 1 N–H and O–H groups in total. The maximum absolute atomic E-state index is 4.45. The summed E-state index contributed by atoms with van der Waals surface area (Å²) in [6, 6.07) is 2.82. The van der Waals surface area contributed by atoms with E-state index in [9.17, 15) is 0 Å². The summed E-state index contributed by atoms with van der Waals surface area (Å²) in [7, 11) is 2.01. The molecule has 0 spiro atoms. The topological polar surface area (TPSA) is 29.9 Å². The van der Waals surface area contributed by atoms with Crippen LogP contribution in [0.25, 0.3) is 0 Å². The van der Waals surface area contributed by atoms with Gasteiger partial charge in [0, 0.05) is 19.2 Å². The lowest BCUT2D eigenvalue weighted by molar-refractivity contribution is 0.605. The predicted molar refractivity (Wildman–Crippen MR) is 63.0 cm³/mol. The first-order chi connectivity index (χ1) is 7.24. The van der Waals surface area contributed by atoms with Crippen molar-refractivity contribution < 1.29 is 0 Å². The van der Waals surface area contributed by atoms with Crippen LogP contribution in [0.2, 0.25) is 0 Å². The van der Waals surface area contributed by atoms with Crippen molar-refractivity contribution in [3.8, 4) is 0 Å². The van der Waals surface area contributed by atoms with Crippen LogP contribution in [0.1, 0.15) is 38.8 Å². The van der Waals surface area contributed by atoms with Gasteiger partial charge in [-0.3, -0.25) is 4.68 Å². The summed E-state index contributed by atoms with van der Waals surface area (Å²) >= 11 is 0. The highest BCUT2D eigenvalue weighted by Crippen LogP contribution is 2.35. The van der Waals surface area contributed by atoms with Crippen molar-refractivity contribution in [2.24, 2.45) is 13.0 Å². The number of rotatable bonds is 5. The molecule has 0 aromatic carbocycles. The average Bonchev–Trinajstić information content (AvgIpc) is 3.01. The van der Waals surface area contributed by atoms with E-state index < -0.39 is 0 Å². The van der Waals surface area contributed by atoms with Crippen molar-refractivity contribution >= 4 is 5.82 Å². The lowest BCUT2D eigenvalue weighted by Gasteiger charge is -2.17. The van der Waals surface area contributed by atoms with Gasteiger partial charge in [-0.1, -0.05) is 13.8 Å². The Kier molecular flexibility index (Phi) is 2.98. The third-order valence-corrected chi connectivity index (χ3v) is 3.26. The molecule has 1 aromatic heterocycles. The number of hydrogen-bond acceptors (Lipinski definition) is 2. The van der Waals surface area contributed by atoms with E-state index in [4.69, 9.17) is 0 Å². The lowest BCUT2D eigenvalue weighted by Crippen LogP contribution is -2.22. The van der Waals surface area contributed by atoms with Crippen molar-refractivity contribution in [2.75, 3.05) is 5.32 Å². The number of aromatic nitrogens is 2. The zero-order valence-corrected chi connectivity index (χ0v) is 9.95. The Hall–Kier alpha value is -0.990. The Balaban J connectivity index is 2.04. The van der Waals surface area contributed by atoms with Gasteiger partial charge < -0.3 is 5.32 Å². The number of nitrogens with zero attached hydrogens (tertiary/aromatic N) is 2. The molecule has 3 heteroatoms. The quantitative estimate of drug-likeness (QED) is 0.804. The fourth-order valence-electron chi connectivity index (χ4n) is 2.08. The third-order valence-electron chi connectivity index (χ3n) is 3.26. The van der Waals surface area contributed by atoms with Crippen LogP contribution in [0.5, 0.6) is 0 Å². The summed E-state index contributed by atoms with van der Waals surface area (Å²) in [6.07, 6.45) is 5.00. The molecule has 1 atom stereocenters. The van der Waals surface area contributed by atoms with E-state index >= 15 is 0 Å². The minimum absolute atomic E-state index is 0.644. The Bertz CT molecular complexity index is 326. The minimum Gasteiger partial charge on any atom is -0.367 e. The average molecular weight is 207 g/mol. The monoisotopic (exact) mass is 207 g/mol. The van der Waals surface area contributed by atoms with E-state index in [1.54, 1.807) is 0 Å². The molecule has 1 aliphatic carbocycles. The standard InChI is InChI=1S/C12H21N3/c1-4-10-8-12(15(3)14-10)13-11(5-2)9-6-7-9/h8-9,11,13H,4-7H2,1-3H3. The van der Waals surface area contributed by atoms with Crippen molar-refractivity contribution in [2.45, 2.75) is 45.6 Å². The van der Waals surface area contributed by atoms with Crippen LogP contribution in [0.4, 0.5) is 5.82 Å². The molecular weight excluding hydrogens is 186 g/mol. The van der Waals surface area contributed by atoms with Crippen LogP contribution in [0, 0.1) is 5.92 Å². The van der Waals surface area contributed by atoms with E-state index in [1.165, 1.54) is 30.8 Å². The molecule has 1 fully saturated rings. The summed E-state index contributed by atoms with van der Waals surface area (Å²) in [5, 5.41) is 8.06. The molecule has 1 aromatic rings. The molecular formula is C12H21N3. The van der Waals surface area contributed by atoms with Gasteiger partial charge in [-0.2, -0.15) is 5.10 Å². The second kappa shape index (κ2) is 4.25. The molecule has 15 heavy (non-hydrogen) atoms. The molecule has 1 saturated carbocycles. The van der Waals surface area contributed by atoms with Crippen LogP contribution >= 0.6 is 0 Å². The summed E-state index contributed by atoms with van der Waals surface area (Å²) < 4.78 is 1.96. The number of anilines is 1. The molecule has 0 aliphatic heterocycles. The van der Waals surface area contributed by atoms with E-state index in [1.807, 2.05) is 11.7 Å². The second-order valence-electron chi connectivity index (χ2n) is 4.49. The highest BCUT2D eigenvalue weighted by Gasteiger charge is 2.30. The normalized spacial score (nSPS) is 17.8. The second-order valence-corrected chi connectivity index (χ2v) is 4.49. The Labute approximate surface area is 91.9 Å². The fourth-order valence-corrected chi connectivity index (χ4v) is 2.08. The summed E-state index contributed by atoms with van der Waals surface area (Å²) in [5.41, 5.74) is 1.17. The molecule has 0 radical (unpaired) electrons. The lowest BCUT2D eigenvalue weighted by atomic mass is 10.1. The third kappa shape index (κ3) is 2.33. The molecule has 0 saturated heterocycles. The Morgan fingerprint density at radius 3 is 2.73 bits per heavy atom. The first kappa shape index (κ1) is 10.5. The number of hydrogen-bond donors (Lipinski definition) is 1. The molecule has 3 nitrogen and oxygen atoms in total. The van der Waals surface area contributed by atoms with Gasteiger partial charge in [0.1, 0.15) is 5.82 Å². The summed E-state index contributed by atoms with van der Waals surface area (Å²) in [6.45, 7) is 4.40. The van der Waals surface area contributed by atoms with Gasteiger partial charge in [0.25, 0.3) is 0 Å². The van der Waals surface area contributed by atoms with E-state index in [0.717, 1.165) is 12.3 Å². The predicted octanol–water partition coefficient (Wildman–Crippen LogP) is 2.58. The van der Waals surface area contributed by atoms with Crippen LogP contribution < -0.4 is 5.32 Å². The van der Waals surface area contributed by atoms with Crippen LogP contribution in [0.15, 0.2) is 6.07 Å². The van der Waals surface area contributed by atoms with Crippen molar-refractivity contribution in [3.63, 3.8) is 0 Å². The van der Waals surface area contributed by atoms with E-state index in [0.29, 0.717) is 6.04 Å². The van der Waals surface area contributed by atoms with Crippen molar-refractivity contribution in [1.29, 1.82) is 0 Å². The Morgan fingerprint density at radius 1 is 1.53 bits per heavy atom. The van der Waals surface area contributed by atoms with Gasteiger partial charge in [-0.25, -0.2) is 0 Å². The maximum Gasteiger partial charge on any atom is 0.124 e. The van der Waals surface area contributed by atoms with E-state index in [-0.39, 0.29) is 0 Å². The zero-order valence-electron chi connectivity index (χ0n) is 9.95. The van der Waals surface area contributed by atoms with Gasteiger partial charge >= 0.3 is 0 Å². The molecule has 0 bridgehead atoms. The summed E-state index contributed by atoms with van der Waals surface area (Å²) in [4.78, 5) is 0. The summed E-state index contributed by atoms with van der Waals surface area (Å²) in [5.74, 6) is 2.07. The fraction of sp³-hybridized carbons (Fsp3) is 0.750. The molecule has 1 heterocycles. The molecule has 1 aliphatic rings. The molecule has 0 amide bonds. The zero-order chi connectivity index (χ0) is 10.8. The van der Waals surface area contributed by atoms with Crippen LogP contribution in [0.3, 0.4) is 0 Å². The van der Waals surface area contributed by atoms with Crippen molar-refractivity contribution in [1.82, 2.24) is 9.78 Å². The number of aryl methyl sites for hydroxylation is 2. The van der Waals surface area contributed by atoms with Gasteiger partial charge in [-0.05, 0) is 31.6 Å². The van der Waals surface area contributed by atoms with Crippen LogP contribution in [-0.4, -0.2) is 15.8 Å². The largest absolute Gasteiger partial charge is 0.367 e. The first-order valence-electron chi connectivity index (χ1n) is 6.04. The maximum atomic E-state index is 4.45. The van der Waals surface area contributed by atoms with E-state index in [2.05, 4.69) is 30.3 Å². The van der Waals surface area contributed by atoms with Gasteiger partial charge in [-0.15, -0.1) is 0 Å². The highest BCUT2D eigenvalue weighted by molar-refractivity contribution is 5.38. The minimum atomic E-state index is 0.644. The first-order valence-corrected chi connectivity index (χ1v) is 6.04. The smallest absolute Gasteiger partial charge is 0.124 e. The van der Waals surface area contributed by atoms with Crippen molar-refractivity contribution in [3.05, 3.63) is 11.8 Å². The number of nitrogens with one attached hydrogen (secondary N) is 1. The Morgan fingerprint density at radius 2 is 2.27 bits per heavy atom. The molecule has 2 rings (SSSR count). The molecule has 84 valence electrons. The highest BCUT2D eigenvalue weighted by atomic mass is 15.3. The molecule has 1 unspecified atom stereocenters. The van der Waals surface area contributed by atoms with Gasteiger partial charge in [0.05, 0.1) is 5.69 Å².